The van der Waals surface area contributed by atoms with E-state index in [0.29, 0.717) is 6.07 Å². The van der Waals surface area contributed by atoms with Crippen molar-refractivity contribution in [3.05, 3.63) is 22.7 Å². The van der Waals surface area contributed by atoms with Gasteiger partial charge in [0, 0.05) is 0 Å². The van der Waals surface area contributed by atoms with Crippen LogP contribution in [-0.4, -0.2) is 11.7 Å². The number of ether oxygens (including phenoxy) is 1. The van der Waals surface area contributed by atoms with Crippen LogP contribution in [0.3, 0.4) is 0 Å². The summed E-state index contributed by atoms with van der Waals surface area (Å²) in [6.07, 6.45) is -5.55. The normalized spacial score (nSPS) is 12.2. The standard InChI is InChI=1S/C12H14ClF3N2O2/c1-11(2,3)20-10(19)18-9-4-6(12(14,15)16)7(13)5-8(9)17/h4-5H,17H2,1-3H3,(H,18,19). The van der Waals surface area contributed by atoms with E-state index in [4.69, 9.17) is 22.1 Å². The Morgan fingerprint density at radius 3 is 2.30 bits per heavy atom. The zero-order valence-electron chi connectivity index (χ0n) is 11.1. The predicted octanol–water partition coefficient (Wildman–Crippen LogP) is 4.29. The van der Waals surface area contributed by atoms with Gasteiger partial charge in [0.25, 0.3) is 0 Å². The molecule has 4 nitrogen and oxygen atoms in total. The Morgan fingerprint density at radius 1 is 1.30 bits per heavy atom. The first kappa shape index (κ1) is 16.4. The van der Waals surface area contributed by atoms with Gasteiger partial charge in [-0.3, -0.25) is 5.32 Å². The van der Waals surface area contributed by atoms with Gasteiger partial charge in [-0.15, -0.1) is 0 Å². The zero-order chi connectivity index (χ0) is 15.7. The molecule has 1 aromatic carbocycles. The molecule has 0 heterocycles. The molecule has 0 aliphatic carbocycles. The fourth-order valence-corrected chi connectivity index (χ4v) is 1.61. The second kappa shape index (κ2) is 5.40. The van der Waals surface area contributed by atoms with Crippen molar-refractivity contribution in [2.75, 3.05) is 11.1 Å². The molecule has 0 radical (unpaired) electrons. The molecule has 0 spiro atoms. The Balaban J connectivity index is 3.05. The maximum Gasteiger partial charge on any atom is 0.417 e. The highest BCUT2D eigenvalue weighted by Crippen LogP contribution is 2.38. The lowest BCUT2D eigenvalue weighted by Gasteiger charge is -2.20. The summed E-state index contributed by atoms with van der Waals surface area (Å²) in [6, 6.07) is 1.60. The van der Waals surface area contributed by atoms with E-state index in [1.807, 2.05) is 0 Å². The molecule has 1 amide bonds. The van der Waals surface area contributed by atoms with Crippen molar-refractivity contribution in [1.82, 2.24) is 0 Å². The number of hydrogen-bond donors (Lipinski definition) is 2. The van der Waals surface area contributed by atoms with Crippen LogP contribution in [0.25, 0.3) is 0 Å². The highest BCUT2D eigenvalue weighted by molar-refractivity contribution is 6.32. The smallest absolute Gasteiger partial charge is 0.417 e. The molecule has 0 bridgehead atoms. The minimum atomic E-state index is -4.64. The number of rotatable bonds is 1. The monoisotopic (exact) mass is 310 g/mol. The average Bonchev–Trinajstić information content (AvgIpc) is 2.17. The van der Waals surface area contributed by atoms with Crippen LogP contribution in [0.5, 0.6) is 0 Å². The number of amides is 1. The first-order chi connectivity index (χ1) is 8.90. The van der Waals surface area contributed by atoms with Gasteiger partial charge in [-0.1, -0.05) is 11.6 Å². The van der Waals surface area contributed by atoms with Crippen LogP contribution in [0, 0.1) is 0 Å². The summed E-state index contributed by atoms with van der Waals surface area (Å²) in [7, 11) is 0. The van der Waals surface area contributed by atoms with Crippen LogP contribution in [0.1, 0.15) is 26.3 Å². The summed E-state index contributed by atoms with van der Waals surface area (Å²) in [4.78, 5) is 11.5. The largest absolute Gasteiger partial charge is 0.444 e. The topological polar surface area (TPSA) is 64.3 Å². The average molecular weight is 311 g/mol. The third-order valence-corrected chi connectivity index (χ3v) is 2.39. The Hall–Kier alpha value is -1.63. The number of halogens is 4. The minimum absolute atomic E-state index is 0.0890. The number of hydrogen-bond acceptors (Lipinski definition) is 3. The number of carbonyl (C=O) groups is 1. The fourth-order valence-electron chi connectivity index (χ4n) is 1.33. The molecule has 0 fully saturated rings. The van der Waals surface area contributed by atoms with E-state index in [0.717, 1.165) is 6.07 Å². The van der Waals surface area contributed by atoms with Gasteiger partial charge in [0.1, 0.15) is 5.60 Å². The molecule has 1 aromatic rings. The molecule has 0 aromatic heterocycles. The molecule has 8 heteroatoms. The van der Waals surface area contributed by atoms with Gasteiger partial charge in [0.2, 0.25) is 0 Å². The lowest BCUT2D eigenvalue weighted by atomic mass is 10.1. The van der Waals surface area contributed by atoms with Crippen LogP contribution >= 0.6 is 11.6 Å². The molecule has 0 saturated carbocycles. The van der Waals surface area contributed by atoms with E-state index >= 15 is 0 Å². The summed E-state index contributed by atoms with van der Waals surface area (Å²) >= 11 is 5.49. The van der Waals surface area contributed by atoms with Crippen molar-refractivity contribution in [3.8, 4) is 0 Å². The summed E-state index contributed by atoms with van der Waals surface area (Å²) in [5, 5.41) is 1.62. The third kappa shape index (κ3) is 4.48. The summed E-state index contributed by atoms with van der Waals surface area (Å²) in [6.45, 7) is 4.87. The Labute approximate surface area is 119 Å². The molecule has 0 aliphatic heterocycles. The van der Waals surface area contributed by atoms with Crippen molar-refractivity contribution in [2.45, 2.75) is 32.5 Å². The molecule has 20 heavy (non-hydrogen) atoms. The number of nitrogen functional groups attached to an aromatic ring is 1. The van der Waals surface area contributed by atoms with E-state index in [9.17, 15) is 18.0 Å². The van der Waals surface area contributed by atoms with Crippen LogP contribution in [0.2, 0.25) is 5.02 Å². The number of nitrogens with two attached hydrogens (primary N) is 1. The van der Waals surface area contributed by atoms with Crippen molar-refractivity contribution in [3.63, 3.8) is 0 Å². The van der Waals surface area contributed by atoms with Gasteiger partial charge < -0.3 is 10.5 Å². The first-order valence-corrected chi connectivity index (χ1v) is 5.94. The van der Waals surface area contributed by atoms with Gasteiger partial charge in [-0.25, -0.2) is 4.79 Å². The van der Waals surface area contributed by atoms with Crippen molar-refractivity contribution in [1.29, 1.82) is 0 Å². The lowest BCUT2D eigenvalue weighted by molar-refractivity contribution is -0.137. The fraction of sp³-hybridized carbons (Fsp3) is 0.417. The van der Waals surface area contributed by atoms with Gasteiger partial charge in [-0.2, -0.15) is 13.2 Å². The van der Waals surface area contributed by atoms with Crippen LogP contribution in [0.15, 0.2) is 12.1 Å². The van der Waals surface area contributed by atoms with Crippen LogP contribution in [-0.2, 0) is 10.9 Å². The van der Waals surface area contributed by atoms with Gasteiger partial charge in [0.15, 0.2) is 0 Å². The molecule has 0 saturated heterocycles. The van der Waals surface area contributed by atoms with Gasteiger partial charge in [-0.05, 0) is 32.9 Å². The minimum Gasteiger partial charge on any atom is -0.444 e. The molecule has 1 rings (SSSR count). The predicted molar refractivity (Wildman–Crippen MR) is 70.7 cm³/mol. The SMILES string of the molecule is CC(C)(C)OC(=O)Nc1cc(C(F)(F)F)c(Cl)cc1N. The van der Waals surface area contributed by atoms with Crippen LogP contribution in [0.4, 0.5) is 29.3 Å². The van der Waals surface area contributed by atoms with Crippen molar-refractivity contribution in [2.24, 2.45) is 0 Å². The number of anilines is 2. The highest BCUT2D eigenvalue weighted by Gasteiger charge is 2.34. The summed E-state index contributed by atoms with van der Waals surface area (Å²) in [5.41, 5.74) is 3.36. The first-order valence-electron chi connectivity index (χ1n) is 5.56. The molecule has 112 valence electrons. The highest BCUT2D eigenvalue weighted by atomic mass is 35.5. The third-order valence-electron chi connectivity index (χ3n) is 2.08. The number of carbonyl (C=O) groups excluding carboxylic acids is 1. The Bertz CT molecular complexity index is 525. The van der Waals surface area contributed by atoms with E-state index in [-0.39, 0.29) is 11.4 Å². The van der Waals surface area contributed by atoms with Gasteiger partial charge in [0.05, 0.1) is 22.0 Å². The number of nitrogens with one attached hydrogen (secondary N) is 1. The maximum atomic E-state index is 12.7. The Morgan fingerprint density at radius 2 is 1.85 bits per heavy atom. The molecule has 0 atom stereocenters. The number of benzene rings is 1. The Kier molecular flexibility index (Phi) is 4.43. The molecule has 3 N–H and O–H groups in total. The van der Waals surface area contributed by atoms with E-state index in [2.05, 4.69) is 5.32 Å². The van der Waals surface area contributed by atoms with E-state index in [1.165, 1.54) is 0 Å². The summed E-state index contributed by atoms with van der Waals surface area (Å²) < 4.78 is 43.0. The summed E-state index contributed by atoms with van der Waals surface area (Å²) in [5.74, 6) is 0. The molecular weight excluding hydrogens is 297 g/mol. The zero-order valence-corrected chi connectivity index (χ0v) is 11.8. The van der Waals surface area contributed by atoms with E-state index < -0.39 is 28.5 Å². The second-order valence-corrected chi connectivity index (χ2v) is 5.45. The van der Waals surface area contributed by atoms with Gasteiger partial charge >= 0.3 is 12.3 Å². The van der Waals surface area contributed by atoms with Crippen LogP contribution < -0.4 is 11.1 Å². The van der Waals surface area contributed by atoms with Crippen molar-refractivity contribution >= 4 is 29.1 Å². The quantitative estimate of drug-likeness (QED) is 0.761. The van der Waals surface area contributed by atoms with E-state index in [1.54, 1.807) is 20.8 Å². The number of alkyl halides is 3. The lowest BCUT2D eigenvalue weighted by Crippen LogP contribution is -2.27. The van der Waals surface area contributed by atoms with Crippen molar-refractivity contribution < 1.29 is 22.7 Å². The molecule has 0 unspecified atom stereocenters. The molecular formula is C12H14ClF3N2O2. The second-order valence-electron chi connectivity index (χ2n) is 5.04. The maximum absolute atomic E-state index is 12.7. The molecule has 0 aliphatic rings.